The van der Waals surface area contributed by atoms with Crippen molar-refractivity contribution >= 4 is 16.8 Å². The van der Waals surface area contributed by atoms with E-state index in [9.17, 15) is 14.0 Å². The lowest BCUT2D eigenvalue weighted by Gasteiger charge is -2.16. The van der Waals surface area contributed by atoms with E-state index in [0.717, 1.165) is 5.56 Å². The zero-order chi connectivity index (χ0) is 20.5. The quantitative estimate of drug-likeness (QED) is 0.554. The zero-order valence-electron chi connectivity index (χ0n) is 15.7. The van der Waals surface area contributed by atoms with E-state index in [1.807, 2.05) is 13.0 Å². The van der Waals surface area contributed by atoms with Gasteiger partial charge in [-0.2, -0.15) is 9.49 Å². The van der Waals surface area contributed by atoms with Gasteiger partial charge in [0.25, 0.3) is 11.5 Å². The number of aromatic nitrogens is 5. The summed E-state index contributed by atoms with van der Waals surface area (Å²) >= 11 is 0. The molecule has 0 bridgehead atoms. The Hall–Kier alpha value is -3.88. The molecule has 8 nitrogen and oxygen atoms in total. The van der Waals surface area contributed by atoms with Gasteiger partial charge < -0.3 is 5.32 Å². The molecule has 0 saturated carbocycles. The van der Waals surface area contributed by atoms with E-state index in [0.29, 0.717) is 22.2 Å². The second-order valence-corrected chi connectivity index (χ2v) is 6.52. The van der Waals surface area contributed by atoms with Crippen LogP contribution in [0.2, 0.25) is 0 Å². The van der Waals surface area contributed by atoms with Crippen LogP contribution < -0.4 is 10.9 Å². The number of halogens is 1. The first-order valence-electron chi connectivity index (χ1n) is 8.87. The number of carbonyl (C=O) groups excluding carboxylic acids is 1. The maximum absolute atomic E-state index is 13.7. The first kappa shape index (κ1) is 18.5. The summed E-state index contributed by atoms with van der Waals surface area (Å²) in [4.78, 5) is 33.4. The van der Waals surface area contributed by atoms with Gasteiger partial charge in [0.15, 0.2) is 0 Å². The lowest BCUT2D eigenvalue weighted by molar-refractivity contribution is 0.0963. The highest BCUT2D eigenvalue weighted by atomic mass is 19.1. The highest BCUT2D eigenvalue weighted by Crippen LogP contribution is 2.22. The van der Waals surface area contributed by atoms with E-state index in [4.69, 9.17) is 0 Å². The van der Waals surface area contributed by atoms with E-state index >= 15 is 0 Å². The summed E-state index contributed by atoms with van der Waals surface area (Å²) in [5.41, 5.74) is 1.96. The fraction of sp³-hybridized carbons (Fsp3) is 0.150. The average Bonchev–Trinajstić information content (AvgIpc) is 3.18. The average molecular weight is 392 g/mol. The van der Waals surface area contributed by atoms with Gasteiger partial charge in [0.1, 0.15) is 0 Å². The third-order valence-corrected chi connectivity index (χ3v) is 4.81. The second-order valence-electron chi connectivity index (χ2n) is 6.52. The molecule has 1 atom stereocenters. The number of fused-ring (bicyclic) bond motifs is 1. The van der Waals surface area contributed by atoms with E-state index in [-0.39, 0.29) is 23.1 Å². The van der Waals surface area contributed by atoms with Gasteiger partial charge in [-0.05, 0) is 30.7 Å². The molecular formula is C20H17FN6O2. The van der Waals surface area contributed by atoms with Gasteiger partial charge >= 0.3 is 0 Å². The first-order valence-corrected chi connectivity index (χ1v) is 8.87. The van der Waals surface area contributed by atoms with Gasteiger partial charge in [0, 0.05) is 18.8 Å². The summed E-state index contributed by atoms with van der Waals surface area (Å²) in [6.45, 7) is 1.85. The molecule has 1 amide bonds. The molecule has 9 heteroatoms. The number of hydrogen-bond donors (Lipinski definition) is 2. The highest BCUT2D eigenvalue weighted by molar-refractivity contribution is 5.94. The third-order valence-electron chi connectivity index (χ3n) is 4.81. The fourth-order valence-electron chi connectivity index (χ4n) is 3.15. The number of nitrogens with one attached hydrogen (secondary N) is 2. The number of amides is 1. The number of aromatic amines is 1. The van der Waals surface area contributed by atoms with Crippen LogP contribution in [0, 0.1) is 5.95 Å². The number of nitrogens with zero attached hydrogens (tertiary/aromatic N) is 4. The molecule has 0 saturated heterocycles. The molecule has 146 valence electrons. The van der Waals surface area contributed by atoms with Crippen molar-refractivity contribution < 1.29 is 9.18 Å². The minimum atomic E-state index is -0.602. The Balaban J connectivity index is 1.75. The Morgan fingerprint density at radius 1 is 1.24 bits per heavy atom. The van der Waals surface area contributed by atoms with Crippen LogP contribution in [0.1, 0.15) is 28.9 Å². The molecule has 0 aliphatic carbocycles. The number of H-pyrrole nitrogens is 1. The van der Waals surface area contributed by atoms with E-state index in [1.54, 1.807) is 31.3 Å². The Labute approximate surface area is 164 Å². The van der Waals surface area contributed by atoms with Crippen LogP contribution in [0.25, 0.3) is 22.2 Å². The molecule has 4 aromatic rings. The maximum Gasteiger partial charge on any atom is 0.263 e. The van der Waals surface area contributed by atoms with Crippen molar-refractivity contribution in [3.63, 3.8) is 0 Å². The smallest absolute Gasteiger partial charge is 0.263 e. The molecule has 29 heavy (non-hydrogen) atoms. The molecule has 4 rings (SSSR count). The van der Waals surface area contributed by atoms with Gasteiger partial charge in [-0.15, -0.1) is 0 Å². The van der Waals surface area contributed by atoms with Gasteiger partial charge in [-0.1, -0.05) is 12.1 Å². The Morgan fingerprint density at radius 3 is 2.79 bits per heavy atom. The molecule has 1 aromatic carbocycles. The van der Waals surface area contributed by atoms with Crippen LogP contribution in [0.5, 0.6) is 0 Å². The maximum atomic E-state index is 13.7. The van der Waals surface area contributed by atoms with Crippen LogP contribution >= 0.6 is 0 Å². The van der Waals surface area contributed by atoms with Crippen molar-refractivity contribution in [1.82, 2.24) is 30.0 Å². The van der Waals surface area contributed by atoms with E-state index in [2.05, 4.69) is 25.5 Å². The van der Waals surface area contributed by atoms with Crippen molar-refractivity contribution in [3.05, 3.63) is 76.5 Å². The Morgan fingerprint density at radius 2 is 2.07 bits per heavy atom. The van der Waals surface area contributed by atoms with Gasteiger partial charge in [0.2, 0.25) is 5.95 Å². The number of hydrogen-bond acceptors (Lipinski definition) is 5. The number of carbonyl (C=O) groups is 1. The van der Waals surface area contributed by atoms with Gasteiger partial charge in [0.05, 0.1) is 40.7 Å². The predicted molar refractivity (Wildman–Crippen MR) is 105 cm³/mol. The molecule has 0 aliphatic rings. The molecule has 3 aromatic heterocycles. The summed E-state index contributed by atoms with van der Waals surface area (Å²) in [5, 5.41) is 8.75. The van der Waals surface area contributed by atoms with Crippen molar-refractivity contribution in [2.75, 3.05) is 7.05 Å². The molecular weight excluding hydrogens is 375 g/mol. The normalized spacial score (nSPS) is 12.1. The lowest BCUT2D eigenvalue weighted by Crippen LogP contribution is -2.25. The molecule has 0 fully saturated rings. The van der Waals surface area contributed by atoms with E-state index in [1.165, 1.54) is 23.3 Å². The SMILES string of the molecule is CNC(=O)c1cccc(C(C)n2cnc3cc(-c4cn[nH]c4F)ncc3c2=O)c1. The van der Waals surface area contributed by atoms with Crippen LogP contribution in [-0.4, -0.2) is 37.7 Å². The minimum Gasteiger partial charge on any atom is -0.355 e. The topological polar surface area (TPSA) is 106 Å². The Bertz CT molecular complexity index is 1280. The second kappa shape index (κ2) is 7.27. The molecule has 3 heterocycles. The van der Waals surface area contributed by atoms with E-state index < -0.39 is 5.95 Å². The Kier molecular flexibility index (Phi) is 4.63. The lowest BCUT2D eigenvalue weighted by atomic mass is 10.0. The molecule has 0 radical (unpaired) electrons. The summed E-state index contributed by atoms with van der Waals surface area (Å²) in [6.07, 6.45) is 4.15. The number of rotatable bonds is 4. The standard InChI is InChI=1S/C20H17FN6O2/c1-11(12-4-3-5-13(6-12)19(28)22-2)27-10-24-17-7-16(14-9-25-26-18(14)21)23-8-15(17)20(27)29/h3-11H,1-2H3,(H,22,28)(H,25,26). The number of pyridine rings is 1. The van der Waals surface area contributed by atoms with Crippen LogP contribution in [0.4, 0.5) is 4.39 Å². The van der Waals surface area contributed by atoms with Crippen LogP contribution in [0.15, 0.2) is 53.8 Å². The molecule has 2 N–H and O–H groups in total. The summed E-state index contributed by atoms with van der Waals surface area (Å²) < 4.78 is 15.2. The minimum absolute atomic E-state index is 0.203. The fourth-order valence-corrected chi connectivity index (χ4v) is 3.15. The summed E-state index contributed by atoms with van der Waals surface area (Å²) in [5.74, 6) is -0.805. The van der Waals surface area contributed by atoms with Crippen LogP contribution in [0.3, 0.4) is 0 Å². The van der Waals surface area contributed by atoms with Crippen molar-refractivity contribution in [2.45, 2.75) is 13.0 Å². The highest BCUT2D eigenvalue weighted by Gasteiger charge is 2.16. The molecule has 0 aliphatic heterocycles. The predicted octanol–water partition coefficient (Wildman–Crippen LogP) is 2.29. The zero-order valence-corrected chi connectivity index (χ0v) is 15.7. The van der Waals surface area contributed by atoms with Gasteiger partial charge in [-0.25, -0.2) is 4.98 Å². The van der Waals surface area contributed by atoms with Crippen molar-refractivity contribution in [1.29, 1.82) is 0 Å². The first-order chi connectivity index (χ1) is 14.0. The van der Waals surface area contributed by atoms with Crippen molar-refractivity contribution in [3.8, 4) is 11.3 Å². The van der Waals surface area contributed by atoms with Crippen molar-refractivity contribution in [2.24, 2.45) is 0 Å². The van der Waals surface area contributed by atoms with Gasteiger partial charge in [-0.3, -0.25) is 24.2 Å². The molecule has 1 unspecified atom stereocenters. The summed E-state index contributed by atoms with van der Waals surface area (Å²) in [6, 6.07) is 8.25. The summed E-state index contributed by atoms with van der Waals surface area (Å²) in [7, 11) is 1.56. The molecule has 0 spiro atoms. The number of benzene rings is 1. The largest absolute Gasteiger partial charge is 0.355 e. The monoisotopic (exact) mass is 392 g/mol. The van der Waals surface area contributed by atoms with Crippen LogP contribution in [-0.2, 0) is 0 Å². The third kappa shape index (κ3) is 3.27.